The predicted octanol–water partition coefficient (Wildman–Crippen LogP) is 2.30. The maximum absolute atomic E-state index is 11.9. The number of hydrogen-bond acceptors (Lipinski definition) is 4. The lowest BCUT2D eigenvalue weighted by Gasteiger charge is -2.11. The van der Waals surface area contributed by atoms with Crippen molar-refractivity contribution < 1.29 is 13.2 Å². The van der Waals surface area contributed by atoms with Crippen LogP contribution in [0.25, 0.3) is 0 Å². The van der Waals surface area contributed by atoms with Crippen LogP contribution in [0.2, 0.25) is 0 Å². The van der Waals surface area contributed by atoms with Gasteiger partial charge in [0.15, 0.2) is 0 Å². The molecule has 0 saturated carbocycles. The highest BCUT2D eigenvalue weighted by molar-refractivity contribution is 7.92. The first-order chi connectivity index (χ1) is 9.44. The average molecular weight is 310 g/mol. The molecule has 5 nitrogen and oxygen atoms in total. The van der Waals surface area contributed by atoms with Gasteiger partial charge in [-0.05, 0) is 34.5 Å². The Hall–Kier alpha value is -1.86. The smallest absolute Gasteiger partial charge is 0.229 e. The number of thiophene rings is 1. The van der Waals surface area contributed by atoms with E-state index in [-0.39, 0.29) is 12.3 Å². The van der Waals surface area contributed by atoms with Crippen molar-refractivity contribution in [2.24, 2.45) is 0 Å². The molecule has 0 aliphatic heterocycles. The van der Waals surface area contributed by atoms with E-state index in [2.05, 4.69) is 10.0 Å². The molecule has 7 heteroatoms. The monoisotopic (exact) mass is 310 g/mol. The van der Waals surface area contributed by atoms with Crippen molar-refractivity contribution in [1.82, 2.24) is 0 Å². The van der Waals surface area contributed by atoms with E-state index in [1.165, 1.54) is 11.3 Å². The number of para-hydroxylation sites is 2. The van der Waals surface area contributed by atoms with Crippen molar-refractivity contribution in [2.75, 3.05) is 16.3 Å². The number of carbonyl (C=O) groups excluding carboxylic acids is 1. The summed E-state index contributed by atoms with van der Waals surface area (Å²) in [6.07, 6.45) is 1.33. The molecule has 2 N–H and O–H groups in total. The van der Waals surface area contributed by atoms with Gasteiger partial charge in [-0.2, -0.15) is 11.3 Å². The third-order valence-electron chi connectivity index (χ3n) is 2.44. The highest BCUT2D eigenvalue weighted by Crippen LogP contribution is 2.22. The van der Waals surface area contributed by atoms with Gasteiger partial charge in [-0.15, -0.1) is 0 Å². The fourth-order valence-electron chi connectivity index (χ4n) is 1.65. The van der Waals surface area contributed by atoms with Gasteiger partial charge in [-0.25, -0.2) is 8.42 Å². The Kier molecular flexibility index (Phi) is 4.41. The number of rotatable bonds is 5. The summed E-state index contributed by atoms with van der Waals surface area (Å²) in [4.78, 5) is 11.9. The minimum atomic E-state index is -3.39. The zero-order valence-electron chi connectivity index (χ0n) is 10.8. The van der Waals surface area contributed by atoms with E-state index in [0.717, 1.165) is 11.8 Å². The lowest BCUT2D eigenvalue weighted by atomic mass is 10.2. The second-order valence-electron chi connectivity index (χ2n) is 4.28. The summed E-state index contributed by atoms with van der Waals surface area (Å²) < 4.78 is 24.9. The van der Waals surface area contributed by atoms with Gasteiger partial charge < -0.3 is 5.32 Å². The lowest BCUT2D eigenvalue weighted by Crippen LogP contribution is -2.17. The van der Waals surface area contributed by atoms with Gasteiger partial charge in [0, 0.05) is 0 Å². The van der Waals surface area contributed by atoms with Crippen LogP contribution in [0, 0.1) is 0 Å². The Morgan fingerprint density at radius 2 is 1.90 bits per heavy atom. The van der Waals surface area contributed by atoms with Crippen LogP contribution < -0.4 is 10.0 Å². The summed E-state index contributed by atoms with van der Waals surface area (Å²) in [7, 11) is -3.39. The zero-order valence-corrected chi connectivity index (χ0v) is 12.4. The standard InChI is InChI=1S/C13H14N2O3S2/c1-20(17,18)15-12-5-3-2-4-11(12)14-13(16)8-10-6-7-19-9-10/h2-7,9,15H,8H2,1H3,(H,14,16). The molecule has 1 aromatic carbocycles. The molecule has 1 heterocycles. The van der Waals surface area contributed by atoms with Crippen molar-refractivity contribution >= 4 is 38.6 Å². The Labute approximate surface area is 121 Å². The molecule has 0 fully saturated rings. The summed E-state index contributed by atoms with van der Waals surface area (Å²) >= 11 is 1.53. The summed E-state index contributed by atoms with van der Waals surface area (Å²) in [5.41, 5.74) is 1.73. The van der Waals surface area contributed by atoms with Crippen LogP contribution in [-0.4, -0.2) is 20.6 Å². The number of carbonyl (C=O) groups is 1. The third kappa shape index (κ3) is 4.36. The van der Waals surface area contributed by atoms with Crippen LogP contribution >= 0.6 is 11.3 Å². The highest BCUT2D eigenvalue weighted by atomic mass is 32.2. The summed E-state index contributed by atoms with van der Waals surface area (Å²) in [5, 5.41) is 6.52. The number of anilines is 2. The first-order valence-electron chi connectivity index (χ1n) is 5.82. The Morgan fingerprint density at radius 1 is 1.20 bits per heavy atom. The summed E-state index contributed by atoms with van der Waals surface area (Å²) in [6.45, 7) is 0. The van der Waals surface area contributed by atoms with Gasteiger partial charge in [0.25, 0.3) is 0 Å². The Balaban J connectivity index is 2.11. The first-order valence-corrected chi connectivity index (χ1v) is 8.65. The SMILES string of the molecule is CS(=O)(=O)Nc1ccccc1NC(=O)Cc1ccsc1. The molecule has 0 bridgehead atoms. The van der Waals surface area contributed by atoms with Crippen LogP contribution in [0.3, 0.4) is 0 Å². The summed E-state index contributed by atoms with van der Waals surface area (Å²) in [5.74, 6) is -0.189. The number of nitrogens with one attached hydrogen (secondary N) is 2. The fraction of sp³-hybridized carbons (Fsp3) is 0.154. The van der Waals surface area contributed by atoms with E-state index in [0.29, 0.717) is 11.4 Å². The first kappa shape index (κ1) is 14.5. The minimum Gasteiger partial charge on any atom is -0.324 e. The highest BCUT2D eigenvalue weighted by Gasteiger charge is 2.10. The van der Waals surface area contributed by atoms with E-state index in [1.807, 2.05) is 16.8 Å². The van der Waals surface area contributed by atoms with Crippen molar-refractivity contribution in [3.05, 3.63) is 46.7 Å². The van der Waals surface area contributed by atoms with E-state index < -0.39 is 10.0 Å². The Bertz CT molecular complexity index is 694. The van der Waals surface area contributed by atoms with E-state index >= 15 is 0 Å². The molecule has 0 unspecified atom stereocenters. The molecule has 1 amide bonds. The largest absolute Gasteiger partial charge is 0.324 e. The molecule has 1 aromatic heterocycles. The molecule has 20 heavy (non-hydrogen) atoms. The third-order valence-corrected chi connectivity index (χ3v) is 3.76. The van der Waals surface area contributed by atoms with Gasteiger partial charge in [0.05, 0.1) is 24.1 Å². The lowest BCUT2D eigenvalue weighted by molar-refractivity contribution is -0.115. The van der Waals surface area contributed by atoms with Crippen LogP contribution in [-0.2, 0) is 21.2 Å². The van der Waals surface area contributed by atoms with Crippen molar-refractivity contribution in [1.29, 1.82) is 0 Å². The van der Waals surface area contributed by atoms with Crippen LogP contribution in [0.4, 0.5) is 11.4 Å². The van der Waals surface area contributed by atoms with Crippen molar-refractivity contribution in [3.63, 3.8) is 0 Å². The van der Waals surface area contributed by atoms with Crippen LogP contribution in [0.5, 0.6) is 0 Å². The van der Waals surface area contributed by atoms with E-state index in [9.17, 15) is 13.2 Å². The molecule has 106 valence electrons. The number of sulfonamides is 1. The molecule has 0 aliphatic carbocycles. The quantitative estimate of drug-likeness (QED) is 0.890. The number of amides is 1. The molecule has 2 aromatic rings. The normalized spacial score (nSPS) is 11.1. The minimum absolute atomic E-state index is 0.189. The van der Waals surface area contributed by atoms with E-state index in [4.69, 9.17) is 0 Å². The predicted molar refractivity (Wildman–Crippen MR) is 81.6 cm³/mol. The molecule has 0 spiro atoms. The summed E-state index contributed by atoms with van der Waals surface area (Å²) in [6, 6.07) is 8.56. The Morgan fingerprint density at radius 3 is 2.50 bits per heavy atom. The van der Waals surface area contributed by atoms with Gasteiger partial charge in [-0.1, -0.05) is 12.1 Å². The molecule has 0 atom stereocenters. The van der Waals surface area contributed by atoms with Crippen molar-refractivity contribution in [2.45, 2.75) is 6.42 Å². The van der Waals surface area contributed by atoms with Gasteiger partial charge in [0.2, 0.25) is 15.9 Å². The second-order valence-corrected chi connectivity index (χ2v) is 6.80. The van der Waals surface area contributed by atoms with Crippen LogP contribution in [0.1, 0.15) is 5.56 Å². The van der Waals surface area contributed by atoms with Gasteiger partial charge in [0.1, 0.15) is 0 Å². The topological polar surface area (TPSA) is 75.3 Å². The van der Waals surface area contributed by atoms with Crippen molar-refractivity contribution in [3.8, 4) is 0 Å². The van der Waals surface area contributed by atoms with Gasteiger partial charge >= 0.3 is 0 Å². The molecule has 0 aliphatic rings. The van der Waals surface area contributed by atoms with Crippen LogP contribution in [0.15, 0.2) is 41.1 Å². The molecular weight excluding hydrogens is 296 g/mol. The van der Waals surface area contributed by atoms with Gasteiger partial charge in [-0.3, -0.25) is 9.52 Å². The molecule has 0 radical (unpaired) electrons. The molecule has 2 rings (SSSR count). The molecular formula is C13H14N2O3S2. The van der Waals surface area contributed by atoms with E-state index in [1.54, 1.807) is 24.3 Å². The average Bonchev–Trinajstić information content (AvgIpc) is 2.82. The fourth-order valence-corrected chi connectivity index (χ4v) is 2.90. The maximum atomic E-state index is 11.9. The zero-order chi connectivity index (χ0) is 14.6. The second kappa shape index (κ2) is 6.06. The maximum Gasteiger partial charge on any atom is 0.229 e. The number of hydrogen-bond donors (Lipinski definition) is 2. The molecule has 0 saturated heterocycles. The number of benzene rings is 1.